The molecular formula is C24H19FN2O3S. The van der Waals surface area contributed by atoms with Crippen molar-refractivity contribution in [1.82, 2.24) is 5.32 Å². The maximum absolute atomic E-state index is 13.4. The van der Waals surface area contributed by atoms with Crippen LogP contribution in [0.3, 0.4) is 0 Å². The van der Waals surface area contributed by atoms with E-state index in [-0.39, 0.29) is 18.3 Å². The summed E-state index contributed by atoms with van der Waals surface area (Å²) in [7, 11) is 1.60. The number of benzene rings is 3. The van der Waals surface area contributed by atoms with Crippen LogP contribution in [0.5, 0.6) is 11.5 Å². The number of carbonyl (C=O) groups is 1. The number of hydrogen-bond acceptors (Lipinski definition) is 5. The number of hydrogen-bond donors (Lipinski definition) is 1. The number of thioether (sulfide) groups is 1. The van der Waals surface area contributed by atoms with Gasteiger partial charge in [0.1, 0.15) is 23.9 Å². The molecule has 0 aliphatic carbocycles. The van der Waals surface area contributed by atoms with Crippen LogP contribution in [0.2, 0.25) is 0 Å². The Morgan fingerprint density at radius 1 is 1.06 bits per heavy atom. The van der Waals surface area contributed by atoms with Gasteiger partial charge in [0, 0.05) is 5.56 Å². The first-order valence-corrected chi connectivity index (χ1v) is 10.3. The van der Waals surface area contributed by atoms with Gasteiger partial charge in [-0.3, -0.25) is 4.79 Å². The molecule has 1 aliphatic rings. The second-order valence-electron chi connectivity index (χ2n) is 6.64. The third-order valence-electron chi connectivity index (χ3n) is 4.44. The Morgan fingerprint density at radius 2 is 1.87 bits per heavy atom. The molecule has 4 rings (SSSR count). The number of aliphatic imine (C=N–C) groups is 1. The lowest BCUT2D eigenvalue weighted by Crippen LogP contribution is -2.19. The zero-order valence-corrected chi connectivity index (χ0v) is 17.5. The molecule has 1 saturated heterocycles. The molecule has 0 radical (unpaired) electrons. The van der Waals surface area contributed by atoms with Crippen molar-refractivity contribution in [3.05, 3.63) is 94.6 Å². The van der Waals surface area contributed by atoms with E-state index in [4.69, 9.17) is 9.47 Å². The predicted molar refractivity (Wildman–Crippen MR) is 121 cm³/mol. The zero-order chi connectivity index (χ0) is 21.6. The third kappa shape index (κ3) is 5.32. The second kappa shape index (κ2) is 9.49. The van der Waals surface area contributed by atoms with E-state index in [0.717, 1.165) is 16.9 Å². The molecule has 1 fully saturated rings. The number of rotatable bonds is 6. The van der Waals surface area contributed by atoms with Crippen molar-refractivity contribution in [1.29, 1.82) is 0 Å². The average Bonchev–Trinajstić information content (AvgIpc) is 3.12. The SMILES string of the molecule is COc1ccc(N=C2NC(=O)/C(=C\c3ccccc3OCc3cccc(F)c3)S2)cc1. The maximum Gasteiger partial charge on any atom is 0.264 e. The predicted octanol–water partition coefficient (Wildman–Crippen LogP) is 5.30. The summed E-state index contributed by atoms with van der Waals surface area (Å²) in [5.74, 6) is 0.812. The van der Waals surface area contributed by atoms with E-state index < -0.39 is 0 Å². The van der Waals surface area contributed by atoms with Gasteiger partial charge < -0.3 is 14.8 Å². The van der Waals surface area contributed by atoms with Crippen LogP contribution in [0.25, 0.3) is 6.08 Å². The van der Waals surface area contributed by atoms with Crippen LogP contribution in [-0.4, -0.2) is 18.2 Å². The molecule has 5 nitrogen and oxygen atoms in total. The molecule has 1 aliphatic heterocycles. The van der Waals surface area contributed by atoms with E-state index in [2.05, 4.69) is 10.3 Å². The number of para-hydroxylation sites is 1. The lowest BCUT2D eigenvalue weighted by molar-refractivity contribution is -0.115. The van der Waals surface area contributed by atoms with Crippen molar-refractivity contribution in [2.75, 3.05) is 7.11 Å². The van der Waals surface area contributed by atoms with Gasteiger partial charge in [-0.25, -0.2) is 9.38 Å². The first kappa shape index (κ1) is 20.7. The summed E-state index contributed by atoms with van der Waals surface area (Å²) in [6.45, 7) is 0.224. The van der Waals surface area contributed by atoms with E-state index in [0.29, 0.717) is 21.5 Å². The summed E-state index contributed by atoms with van der Waals surface area (Å²) in [6.07, 6.45) is 1.76. The fourth-order valence-corrected chi connectivity index (χ4v) is 3.75. The smallest absolute Gasteiger partial charge is 0.264 e. The average molecular weight is 434 g/mol. The van der Waals surface area contributed by atoms with Gasteiger partial charge in [-0.15, -0.1) is 0 Å². The minimum Gasteiger partial charge on any atom is -0.497 e. The molecule has 0 spiro atoms. The first-order chi connectivity index (χ1) is 15.1. The zero-order valence-electron chi connectivity index (χ0n) is 16.7. The monoisotopic (exact) mass is 434 g/mol. The van der Waals surface area contributed by atoms with E-state index in [1.54, 1.807) is 25.3 Å². The largest absolute Gasteiger partial charge is 0.497 e. The first-order valence-electron chi connectivity index (χ1n) is 9.50. The molecular weight excluding hydrogens is 415 g/mol. The number of nitrogens with one attached hydrogen (secondary N) is 1. The summed E-state index contributed by atoms with van der Waals surface area (Å²) in [6, 6.07) is 20.9. The van der Waals surface area contributed by atoms with E-state index >= 15 is 0 Å². The number of ether oxygens (including phenoxy) is 2. The Kier molecular flexibility index (Phi) is 6.33. The summed E-state index contributed by atoms with van der Waals surface area (Å²) < 4.78 is 24.4. The molecule has 1 amide bonds. The van der Waals surface area contributed by atoms with Crippen LogP contribution in [0, 0.1) is 5.82 Å². The summed E-state index contributed by atoms with van der Waals surface area (Å²) in [4.78, 5) is 17.4. The molecule has 3 aromatic rings. The van der Waals surface area contributed by atoms with Crippen molar-refractivity contribution in [3.8, 4) is 11.5 Å². The van der Waals surface area contributed by atoms with Crippen LogP contribution in [0.15, 0.2) is 82.7 Å². The minimum absolute atomic E-state index is 0.224. The number of amidine groups is 1. The lowest BCUT2D eigenvalue weighted by atomic mass is 10.2. The molecule has 1 heterocycles. The van der Waals surface area contributed by atoms with Crippen LogP contribution in [0.1, 0.15) is 11.1 Å². The summed E-state index contributed by atoms with van der Waals surface area (Å²) in [5.41, 5.74) is 2.19. The molecule has 0 saturated carbocycles. The Morgan fingerprint density at radius 3 is 2.65 bits per heavy atom. The van der Waals surface area contributed by atoms with Gasteiger partial charge in [-0.2, -0.15) is 0 Å². The quantitative estimate of drug-likeness (QED) is 0.535. The molecule has 0 aromatic heterocycles. The van der Waals surface area contributed by atoms with Gasteiger partial charge in [0.05, 0.1) is 17.7 Å². The molecule has 0 unspecified atom stereocenters. The molecule has 3 aromatic carbocycles. The van der Waals surface area contributed by atoms with Crippen molar-refractivity contribution >= 4 is 34.6 Å². The number of nitrogens with zero attached hydrogens (tertiary/aromatic N) is 1. The van der Waals surface area contributed by atoms with Gasteiger partial charge in [-0.1, -0.05) is 30.3 Å². The molecule has 0 atom stereocenters. The molecule has 1 N–H and O–H groups in total. The fraction of sp³-hybridized carbons (Fsp3) is 0.0833. The maximum atomic E-state index is 13.4. The number of carbonyl (C=O) groups excluding carboxylic acids is 1. The normalized spacial score (nSPS) is 15.9. The summed E-state index contributed by atoms with van der Waals surface area (Å²) >= 11 is 1.26. The fourth-order valence-electron chi connectivity index (χ4n) is 2.91. The molecule has 156 valence electrons. The Hall–Kier alpha value is -3.58. The van der Waals surface area contributed by atoms with Gasteiger partial charge in [-0.05, 0) is 65.9 Å². The highest BCUT2D eigenvalue weighted by Crippen LogP contribution is 2.31. The summed E-state index contributed by atoms with van der Waals surface area (Å²) in [5, 5.41) is 3.28. The Bertz CT molecular complexity index is 1160. The standard InChI is InChI=1S/C24H19FN2O3S/c1-29-20-11-9-19(10-12-20)26-24-27-23(28)22(31-24)14-17-6-2-3-8-21(17)30-15-16-5-4-7-18(25)13-16/h2-14H,15H2,1H3,(H,26,27,28)/b22-14+. The van der Waals surface area contributed by atoms with Crippen LogP contribution < -0.4 is 14.8 Å². The minimum atomic E-state index is -0.306. The van der Waals surface area contributed by atoms with Gasteiger partial charge in [0.25, 0.3) is 5.91 Å². The topological polar surface area (TPSA) is 59.9 Å². The highest BCUT2D eigenvalue weighted by atomic mass is 32.2. The highest BCUT2D eigenvalue weighted by Gasteiger charge is 2.24. The number of methoxy groups -OCH3 is 1. The molecule has 31 heavy (non-hydrogen) atoms. The highest BCUT2D eigenvalue weighted by molar-refractivity contribution is 8.18. The second-order valence-corrected chi connectivity index (χ2v) is 7.67. The molecule has 7 heteroatoms. The number of amides is 1. The van der Waals surface area contributed by atoms with Crippen LogP contribution >= 0.6 is 11.8 Å². The van der Waals surface area contributed by atoms with Crippen molar-refractivity contribution in [2.45, 2.75) is 6.61 Å². The number of halogens is 1. The lowest BCUT2D eigenvalue weighted by Gasteiger charge is -2.09. The Labute approximate surface area is 183 Å². The van der Waals surface area contributed by atoms with Gasteiger partial charge >= 0.3 is 0 Å². The van der Waals surface area contributed by atoms with Crippen molar-refractivity contribution in [2.24, 2.45) is 4.99 Å². The van der Waals surface area contributed by atoms with E-state index in [1.165, 1.54) is 23.9 Å². The molecule has 0 bridgehead atoms. The van der Waals surface area contributed by atoms with Crippen LogP contribution in [0.4, 0.5) is 10.1 Å². The van der Waals surface area contributed by atoms with Crippen molar-refractivity contribution < 1.29 is 18.7 Å². The van der Waals surface area contributed by atoms with Crippen LogP contribution in [-0.2, 0) is 11.4 Å². The third-order valence-corrected chi connectivity index (χ3v) is 5.35. The van der Waals surface area contributed by atoms with E-state index in [1.807, 2.05) is 48.5 Å². The van der Waals surface area contributed by atoms with Crippen molar-refractivity contribution in [3.63, 3.8) is 0 Å². The van der Waals surface area contributed by atoms with E-state index in [9.17, 15) is 9.18 Å². The van der Waals surface area contributed by atoms with Gasteiger partial charge in [0.2, 0.25) is 0 Å². The van der Waals surface area contributed by atoms with Gasteiger partial charge in [0.15, 0.2) is 5.17 Å². The Balaban J connectivity index is 1.50.